The highest BCUT2D eigenvalue weighted by Gasteiger charge is 2.28. The molecule has 2 atom stereocenters. The SMILES string of the molecule is COc1ccc(-c2nc(C(=O)N3CC(C)OC(C)C3)cs2)cc1OC. The zero-order valence-electron chi connectivity index (χ0n) is 14.8. The molecule has 6 nitrogen and oxygen atoms in total. The van der Waals surface area contributed by atoms with Crippen molar-refractivity contribution in [3.05, 3.63) is 29.3 Å². The van der Waals surface area contributed by atoms with Crippen LogP contribution in [0.4, 0.5) is 0 Å². The maximum absolute atomic E-state index is 12.7. The molecule has 1 amide bonds. The first-order valence-electron chi connectivity index (χ1n) is 8.14. The van der Waals surface area contributed by atoms with Crippen molar-refractivity contribution < 1.29 is 19.0 Å². The summed E-state index contributed by atoms with van der Waals surface area (Å²) in [6.07, 6.45) is 0.0771. The van der Waals surface area contributed by atoms with Crippen LogP contribution in [0.15, 0.2) is 23.6 Å². The summed E-state index contributed by atoms with van der Waals surface area (Å²) in [6, 6.07) is 5.61. The van der Waals surface area contributed by atoms with Crippen LogP contribution in [-0.2, 0) is 4.74 Å². The maximum atomic E-state index is 12.7. The number of hydrogen-bond acceptors (Lipinski definition) is 6. The van der Waals surface area contributed by atoms with Crippen molar-refractivity contribution in [2.75, 3.05) is 27.3 Å². The van der Waals surface area contributed by atoms with E-state index in [9.17, 15) is 4.79 Å². The van der Waals surface area contributed by atoms with Gasteiger partial charge in [0.15, 0.2) is 11.5 Å². The Hall–Kier alpha value is -2.12. The van der Waals surface area contributed by atoms with Crippen molar-refractivity contribution >= 4 is 17.2 Å². The molecule has 1 aliphatic heterocycles. The Morgan fingerprint density at radius 2 is 1.88 bits per heavy atom. The van der Waals surface area contributed by atoms with Gasteiger partial charge in [0, 0.05) is 24.0 Å². The van der Waals surface area contributed by atoms with E-state index < -0.39 is 0 Å². The number of carbonyl (C=O) groups excluding carboxylic acids is 1. The predicted molar refractivity (Wildman–Crippen MR) is 96.6 cm³/mol. The van der Waals surface area contributed by atoms with E-state index >= 15 is 0 Å². The van der Waals surface area contributed by atoms with E-state index in [-0.39, 0.29) is 18.1 Å². The zero-order valence-corrected chi connectivity index (χ0v) is 15.6. The van der Waals surface area contributed by atoms with Crippen LogP contribution >= 0.6 is 11.3 Å². The number of thiazole rings is 1. The van der Waals surface area contributed by atoms with Crippen LogP contribution in [-0.4, -0.2) is 55.3 Å². The molecule has 0 spiro atoms. The second-order valence-electron chi connectivity index (χ2n) is 6.08. The largest absolute Gasteiger partial charge is 0.493 e. The van der Waals surface area contributed by atoms with Crippen LogP contribution in [0.3, 0.4) is 0 Å². The molecule has 7 heteroatoms. The standard InChI is InChI=1S/C18H22N2O4S/c1-11-8-20(9-12(2)24-11)18(21)14-10-25-17(19-14)13-5-6-15(22-3)16(7-13)23-4/h5-7,10-12H,8-9H2,1-4H3. The van der Waals surface area contributed by atoms with Crippen molar-refractivity contribution in [3.63, 3.8) is 0 Å². The van der Waals surface area contributed by atoms with Crippen LogP contribution < -0.4 is 9.47 Å². The molecule has 0 aliphatic carbocycles. The van der Waals surface area contributed by atoms with Gasteiger partial charge in [-0.15, -0.1) is 11.3 Å². The molecule has 134 valence electrons. The minimum absolute atomic E-state index is 0.0386. The molecule has 0 saturated carbocycles. The first-order chi connectivity index (χ1) is 12.0. The van der Waals surface area contributed by atoms with E-state index in [4.69, 9.17) is 14.2 Å². The van der Waals surface area contributed by atoms with Crippen LogP contribution in [0, 0.1) is 0 Å². The van der Waals surface area contributed by atoms with Crippen molar-refractivity contribution in [2.45, 2.75) is 26.1 Å². The summed E-state index contributed by atoms with van der Waals surface area (Å²) >= 11 is 1.44. The van der Waals surface area contributed by atoms with Gasteiger partial charge < -0.3 is 19.1 Å². The Balaban J connectivity index is 1.81. The highest BCUT2D eigenvalue weighted by atomic mass is 32.1. The van der Waals surface area contributed by atoms with Crippen molar-refractivity contribution in [1.29, 1.82) is 0 Å². The van der Waals surface area contributed by atoms with E-state index in [1.165, 1.54) is 11.3 Å². The fourth-order valence-electron chi connectivity index (χ4n) is 2.98. The van der Waals surface area contributed by atoms with Gasteiger partial charge in [0.2, 0.25) is 0 Å². The molecule has 2 aromatic rings. The fraction of sp³-hybridized carbons (Fsp3) is 0.444. The molecule has 2 heterocycles. The lowest BCUT2D eigenvalue weighted by Crippen LogP contribution is -2.48. The third-order valence-corrected chi connectivity index (χ3v) is 4.95. The van der Waals surface area contributed by atoms with Gasteiger partial charge in [-0.1, -0.05) is 0 Å². The Morgan fingerprint density at radius 1 is 1.20 bits per heavy atom. The normalized spacial score (nSPS) is 20.4. The van der Waals surface area contributed by atoms with Gasteiger partial charge in [0.1, 0.15) is 10.7 Å². The second-order valence-corrected chi connectivity index (χ2v) is 6.93. The first-order valence-corrected chi connectivity index (χ1v) is 9.02. The summed E-state index contributed by atoms with van der Waals surface area (Å²) in [4.78, 5) is 19.1. The Labute approximate surface area is 151 Å². The molecule has 1 fully saturated rings. The van der Waals surface area contributed by atoms with E-state index in [2.05, 4.69) is 4.98 Å². The molecule has 1 aromatic carbocycles. The van der Waals surface area contributed by atoms with Crippen molar-refractivity contribution in [1.82, 2.24) is 9.88 Å². The van der Waals surface area contributed by atoms with Gasteiger partial charge in [-0.05, 0) is 32.0 Å². The third-order valence-electron chi connectivity index (χ3n) is 4.06. The average Bonchev–Trinajstić information content (AvgIpc) is 3.09. The van der Waals surface area contributed by atoms with E-state index in [1.807, 2.05) is 36.9 Å². The zero-order chi connectivity index (χ0) is 18.0. The van der Waals surface area contributed by atoms with Crippen LogP contribution in [0.1, 0.15) is 24.3 Å². The van der Waals surface area contributed by atoms with Crippen LogP contribution in [0.5, 0.6) is 11.5 Å². The summed E-state index contributed by atoms with van der Waals surface area (Å²) in [7, 11) is 3.20. The van der Waals surface area contributed by atoms with E-state index in [0.29, 0.717) is 30.3 Å². The molecule has 2 unspecified atom stereocenters. The van der Waals surface area contributed by atoms with Crippen molar-refractivity contribution in [3.8, 4) is 22.1 Å². The molecule has 3 rings (SSSR count). The molecule has 1 aromatic heterocycles. The smallest absolute Gasteiger partial charge is 0.273 e. The minimum atomic E-state index is -0.0509. The first kappa shape index (κ1) is 17.7. The quantitative estimate of drug-likeness (QED) is 0.836. The molecule has 25 heavy (non-hydrogen) atoms. The number of carbonyl (C=O) groups is 1. The van der Waals surface area contributed by atoms with Crippen LogP contribution in [0.25, 0.3) is 10.6 Å². The summed E-state index contributed by atoms with van der Waals surface area (Å²) in [5, 5.41) is 2.58. The Bertz CT molecular complexity index is 751. The highest BCUT2D eigenvalue weighted by Crippen LogP contribution is 2.33. The predicted octanol–water partition coefficient (Wildman–Crippen LogP) is 3.08. The number of morpholine rings is 1. The number of aromatic nitrogens is 1. The third kappa shape index (κ3) is 3.77. The highest BCUT2D eigenvalue weighted by molar-refractivity contribution is 7.13. The molecule has 0 bridgehead atoms. The monoisotopic (exact) mass is 362 g/mol. The van der Waals surface area contributed by atoms with Gasteiger partial charge >= 0.3 is 0 Å². The number of amides is 1. The van der Waals surface area contributed by atoms with Gasteiger partial charge in [-0.25, -0.2) is 4.98 Å². The number of methoxy groups -OCH3 is 2. The van der Waals surface area contributed by atoms with Gasteiger partial charge in [-0.2, -0.15) is 0 Å². The number of hydrogen-bond donors (Lipinski definition) is 0. The minimum Gasteiger partial charge on any atom is -0.493 e. The number of ether oxygens (including phenoxy) is 3. The maximum Gasteiger partial charge on any atom is 0.273 e. The van der Waals surface area contributed by atoms with Gasteiger partial charge in [-0.3, -0.25) is 4.79 Å². The molecule has 1 saturated heterocycles. The van der Waals surface area contributed by atoms with E-state index in [0.717, 1.165) is 10.6 Å². The number of rotatable bonds is 4. The topological polar surface area (TPSA) is 60.9 Å². The summed E-state index contributed by atoms with van der Waals surface area (Å²) in [5.74, 6) is 1.25. The summed E-state index contributed by atoms with van der Waals surface area (Å²) in [6.45, 7) is 5.14. The number of benzene rings is 1. The summed E-state index contributed by atoms with van der Waals surface area (Å²) in [5.41, 5.74) is 1.36. The lowest BCUT2D eigenvalue weighted by Gasteiger charge is -2.34. The molecule has 1 aliphatic rings. The second kappa shape index (κ2) is 7.41. The van der Waals surface area contributed by atoms with Gasteiger partial charge in [0.25, 0.3) is 5.91 Å². The van der Waals surface area contributed by atoms with Gasteiger partial charge in [0.05, 0.1) is 26.4 Å². The van der Waals surface area contributed by atoms with Crippen LogP contribution in [0.2, 0.25) is 0 Å². The lowest BCUT2D eigenvalue weighted by atomic mass is 10.2. The fourth-order valence-corrected chi connectivity index (χ4v) is 3.77. The Morgan fingerprint density at radius 3 is 2.52 bits per heavy atom. The van der Waals surface area contributed by atoms with E-state index in [1.54, 1.807) is 19.6 Å². The molecular formula is C18H22N2O4S. The molecule has 0 N–H and O–H groups in total. The number of nitrogens with zero attached hydrogens (tertiary/aromatic N) is 2. The van der Waals surface area contributed by atoms with Crippen molar-refractivity contribution in [2.24, 2.45) is 0 Å². The Kier molecular flexibility index (Phi) is 5.24. The molecular weight excluding hydrogens is 340 g/mol. The molecule has 0 radical (unpaired) electrons. The summed E-state index contributed by atoms with van der Waals surface area (Å²) < 4.78 is 16.3. The lowest BCUT2D eigenvalue weighted by molar-refractivity contribution is -0.0587. The average molecular weight is 362 g/mol.